The van der Waals surface area contributed by atoms with Crippen LogP contribution in [0.1, 0.15) is 78.4 Å². The summed E-state index contributed by atoms with van der Waals surface area (Å²) in [5.41, 5.74) is 0.289. The number of fused-ring (bicyclic) bond motifs is 1. The predicted molar refractivity (Wildman–Crippen MR) is 209 cm³/mol. The lowest BCUT2D eigenvalue weighted by Gasteiger charge is -2.30. The Balaban J connectivity index is 0.000000265. The number of anilines is 1. The van der Waals surface area contributed by atoms with E-state index in [1.807, 2.05) is 47.4 Å². The van der Waals surface area contributed by atoms with E-state index in [1.165, 1.54) is 10.8 Å². The van der Waals surface area contributed by atoms with Crippen LogP contribution in [0.4, 0.5) is 10.6 Å². The normalized spacial score (nSPS) is 14.1. The highest BCUT2D eigenvalue weighted by Gasteiger charge is 2.34. The maximum absolute atomic E-state index is 13.0. The summed E-state index contributed by atoms with van der Waals surface area (Å²) < 4.78 is 6.97. The molecule has 0 bridgehead atoms. The van der Waals surface area contributed by atoms with E-state index in [0.717, 1.165) is 49.4 Å². The molecule has 1 aliphatic rings. The molecule has 11 heteroatoms. The first-order valence-corrected chi connectivity index (χ1v) is 18.5. The second kappa shape index (κ2) is 18.5. The van der Waals surface area contributed by atoms with Crippen molar-refractivity contribution in [3.8, 4) is 0 Å². The summed E-state index contributed by atoms with van der Waals surface area (Å²) in [6, 6.07) is 23.7. The first kappa shape index (κ1) is 40.6. The Hall–Kier alpha value is -5.19. The number of rotatable bonds is 11. The van der Waals surface area contributed by atoms with E-state index < -0.39 is 29.2 Å². The number of nitrogens with zero attached hydrogens (tertiary/aromatic N) is 3. The average molecular weight is 725 g/mol. The van der Waals surface area contributed by atoms with Crippen molar-refractivity contribution in [3.63, 3.8) is 0 Å². The van der Waals surface area contributed by atoms with Gasteiger partial charge in [0, 0.05) is 26.3 Å². The molecule has 0 saturated carbocycles. The first-order valence-electron chi connectivity index (χ1n) is 18.5. The van der Waals surface area contributed by atoms with Gasteiger partial charge in [0.05, 0.1) is 12.7 Å². The van der Waals surface area contributed by atoms with Gasteiger partial charge in [0.15, 0.2) is 5.82 Å². The highest BCUT2D eigenvalue weighted by Crippen LogP contribution is 2.20. The fourth-order valence-electron chi connectivity index (χ4n) is 5.96. The quantitative estimate of drug-likeness (QED) is 0.156. The summed E-state index contributed by atoms with van der Waals surface area (Å²) in [5, 5.41) is 10.5. The molecule has 1 atom stereocenters. The molecule has 0 spiro atoms. The Kier molecular flexibility index (Phi) is 14.2. The van der Waals surface area contributed by atoms with E-state index in [0.29, 0.717) is 25.1 Å². The van der Waals surface area contributed by atoms with Gasteiger partial charge in [0.1, 0.15) is 17.2 Å². The first-order chi connectivity index (χ1) is 25.1. The lowest BCUT2D eigenvalue weighted by molar-refractivity contribution is -0.131. The molecule has 0 radical (unpaired) electrons. The van der Waals surface area contributed by atoms with Crippen molar-refractivity contribution < 1.29 is 23.9 Å². The van der Waals surface area contributed by atoms with Gasteiger partial charge in [-0.1, -0.05) is 79.7 Å². The molecule has 3 N–H and O–H groups in total. The van der Waals surface area contributed by atoms with Crippen molar-refractivity contribution in [3.05, 3.63) is 96.4 Å². The van der Waals surface area contributed by atoms with Crippen molar-refractivity contribution >= 4 is 40.4 Å². The van der Waals surface area contributed by atoms with Crippen LogP contribution in [0.2, 0.25) is 0 Å². The highest BCUT2D eigenvalue weighted by atomic mass is 16.6. The molecule has 1 unspecified atom stereocenters. The van der Waals surface area contributed by atoms with E-state index in [-0.39, 0.29) is 11.8 Å². The van der Waals surface area contributed by atoms with Crippen LogP contribution in [-0.2, 0) is 39.0 Å². The maximum Gasteiger partial charge on any atom is 0.408 e. The largest absolute Gasteiger partial charge is 0.444 e. The molecule has 2 heterocycles. The summed E-state index contributed by atoms with van der Waals surface area (Å²) in [4.78, 5) is 56.6. The van der Waals surface area contributed by atoms with E-state index in [9.17, 15) is 19.2 Å². The van der Waals surface area contributed by atoms with Gasteiger partial charge < -0.3 is 30.2 Å². The van der Waals surface area contributed by atoms with Gasteiger partial charge in [0.25, 0.3) is 0 Å². The van der Waals surface area contributed by atoms with Gasteiger partial charge in [0.2, 0.25) is 17.7 Å². The second-order valence-corrected chi connectivity index (χ2v) is 15.5. The minimum absolute atomic E-state index is 0.271. The summed E-state index contributed by atoms with van der Waals surface area (Å²) in [6.07, 6.45) is 7.23. The molecule has 11 nitrogen and oxygen atoms in total. The molecule has 0 aliphatic carbocycles. The number of hydrogen-bond acceptors (Lipinski definition) is 6. The number of imidazole rings is 1. The number of carbonyl (C=O) groups excluding carboxylic acids is 4. The SMILES string of the molecule is CC1CCN(C(=O)Cc2ccc3ccccc3c2)CC1.Cn1cnc(NC(=O)C(CCCc2ccccc2)NC(=O)C(C)(C)NC(=O)OC(C)(C)C)c1. The van der Waals surface area contributed by atoms with Gasteiger partial charge >= 0.3 is 6.09 Å². The standard InChI is InChI=1S/C24H35N5O4.C18H21NO/c1-23(2,3)33-22(32)28-24(4,5)21(31)26-18(14-10-13-17-11-8-7-9-12-17)20(30)27-19-15-29(6)16-25-19;1-14-8-10-19(11-9-14)18(20)13-15-6-7-16-4-2-3-5-17(16)12-15/h7-9,11-12,15-16,18H,10,13-14H2,1-6H3,(H,26,31)(H,27,30)(H,28,32);2-7,12,14H,8-11,13H2,1H3. The molecular weight excluding hydrogens is 668 g/mol. The Morgan fingerprint density at radius 3 is 2.19 bits per heavy atom. The Labute approximate surface area is 313 Å². The number of aryl methyl sites for hydroxylation is 2. The number of hydrogen-bond donors (Lipinski definition) is 3. The Bertz CT molecular complexity index is 1820. The number of nitrogens with one attached hydrogen (secondary N) is 3. The van der Waals surface area contributed by atoms with Gasteiger partial charge in [-0.3, -0.25) is 14.4 Å². The van der Waals surface area contributed by atoms with E-state index >= 15 is 0 Å². The number of aromatic nitrogens is 2. The van der Waals surface area contributed by atoms with Crippen LogP contribution in [-0.4, -0.2) is 68.5 Å². The summed E-state index contributed by atoms with van der Waals surface area (Å²) >= 11 is 0. The molecule has 4 amide bonds. The maximum atomic E-state index is 13.0. The fourth-order valence-corrected chi connectivity index (χ4v) is 5.96. The third-order valence-corrected chi connectivity index (χ3v) is 9.07. The van der Waals surface area contributed by atoms with E-state index in [4.69, 9.17) is 4.74 Å². The molecule has 1 fully saturated rings. The second-order valence-electron chi connectivity index (χ2n) is 15.5. The third kappa shape index (κ3) is 13.4. The summed E-state index contributed by atoms with van der Waals surface area (Å²) in [6.45, 7) is 12.5. The monoisotopic (exact) mass is 724 g/mol. The molecule has 3 aromatic carbocycles. The van der Waals surface area contributed by atoms with Crippen molar-refractivity contribution in [2.45, 2.75) is 97.2 Å². The van der Waals surface area contributed by atoms with Crippen LogP contribution in [0.15, 0.2) is 85.3 Å². The lowest BCUT2D eigenvalue weighted by atomic mass is 9.98. The van der Waals surface area contributed by atoms with Crippen LogP contribution >= 0.6 is 0 Å². The Morgan fingerprint density at radius 2 is 1.55 bits per heavy atom. The zero-order valence-corrected chi connectivity index (χ0v) is 32.3. The van der Waals surface area contributed by atoms with Crippen molar-refractivity contribution in [1.82, 2.24) is 25.1 Å². The van der Waals surface area contributed by atoms with E-state index in [2.05, 4.69) is 58.2 Å². The molecule has 53 heavy (non-hydrogen) atoms. The minimum atomic E-state index is -1.29. The number of amides is 4. The lowest BCUT2D eigenvalue weighted by Crippen LogP contribution is -2.58. The topological polar surface area (TPSA) is 135 Å². The third-order valence-electron chi connectivity index (χ3n) is 9.07. The summed E-state index contributed by atoms with van der Waals surface area (Å²) in [5.74, 6) is 0.570. The number of alkyl carbamates (subject to hydrolysis) is 1. The number of benzene rings is 3. The molecule has 1 aliphatic heterocycles. The minimum Gasteiger partial charge on any atom is -0.444 e. The molecule has 284 valence electrons. The predicted octanol–water partition coefficient (Wildman–Crippen LogP) is 6.81. The van der Waals surface area contributed by atoms with Gasteiger partial charge in [-0.15, -0.1) is 0 Å². The van der Waals surface area contributed by atoms with Gasteiger partial charge in [-0.05, 0) is 94.5 Å². The summed E-state index contributed by atoms with van der Waals surface area (Å²) in [7, 11) is 1.80. The number of ether oxygens (including phenoxy) is 1. The zero-order chi connectivity index (χ0) is 38.6. The average Bonchev–Trinajstić information content (AvgIpc) is 3.51. The highest BCUT2D eigenvalue weighted by molar-refractivity contribution is 5.98. The van der Waals surface area contributed by atoms with Gasteiger partial charge in [-0.2, -0.15) is 0 Å². The van der Waals surface area contributed by atoms with Crippen molar-refractivity contribution in [2.24, 2.45) is 13.0 Å². The molecule has 4 aromatic rings. The molecule has 1 saturated heterocycles. The number of piperidine rings is 1. The zero-order valence-electron chi connectivity index (χ0n) is 32.3. The van der Waals surface area contributed by atoms with Crippen molar-refractivity contribution in [2.75, 3.05) is 18.4 Å². The van der Waals surface area contributed by atoms with Crippen LogP contribution in [0, 0.1) is 5.92 Å². The smallest absolute Gasteiger partial charge is 0.408 e. The van der Waals surface area contributed by atoms with Crippen LogP contribution in [0.3, 0.4) is 0 Å². The fraction of sp³-hybridized carbons (Fsp3) is 0.452. The van der Waals surface area contributed by atoms with Crippen LogP contribution in [0.5, 0.6) is 0 Å². The van der Waals surface area contributed by atoms with E-state index in [1.54, 1.807) is 58.8 Å². The molecular formula is C42H56N6O5. The van der Waals surface area contributed by atoms with Crippen LogP contribution < -0.4 is 16.0 Å². The van der Waals surface area contributed by atoms with Crippen molar-refractivity contribution in [1.29, 1.82) is 0 Å². The number of likely N-dealkylation sites (tertiary alicyclic amines) is 1. The number of carbonyl (C=O) groups is 4. The molecule has 5 rings (SSSR count). The van der Waals surface area contributed by atoms with Gasteiger partial charge in [-0.25, -0.2) is 9.78 Å². The molecule has 1 aromatic heterocycles. The van der Waals surface area contributed by atoms with Crippen LogP contribution in [0.25, 0.3) is 10.8 Å². The Morgan fingerprint density at radius 1 is 0.887 bits per heavy atom.